The van der Waals surface area contributed by atoms with E-state index in [4.69, 9.17) is 0 Å². The molecule has 2 aromatic heterocycles. The average molecular weight is 434 g/mol. The number of nitrogens with one attached hydrogen (secondary N) is 1. The monoisotopic (exact) mass is 434 g/mol. The highest BCUT2D eigenvalue weighted by Crippen LogP contribution is 2.34. The third-order valence-corrected chi connectivity index (χ3v) is 5.92. The van der Waals surface area contributed by atoms with Gasteiger partial charge >= 0.3 is 6.18 Å². The summed E-state index contributed by atoms with van der Waals surface area (Å²) in [6.45, 7) is 3.16. The van der Waals surface area contributed by atoms with E-state index in [2.05, 4.69) is 27.5 Å². The number of benzene rings is 1. The third-order valence-electron chi connectivity index (χ3n) is 5.17. The Morgan fingerprint density at radius 2 is 1.93 bits per heavy atom. The van der Waals surface area contributed by atoms with E-state index in [0.29, 0.717) is 5.69 Å². The minimum Gasteiger partial charge on any atom is -0.298 e. The number of carbonyl (C=O) groups is 1. The van der Waals surface area contributed by atoms with Crippen molar-refractivity contribution in [1.29, 1.82) is 0 Å². The molecule has 1 aliphatic carbocycles. The summed E-state index contributed by atoms with van der Waals surface area (Å²) >= 11 is 1.18. The topological polar surface area (TPSA) is 59.8 Å². The van der Waals surface area contributed by atoms with Crippen LogP contribution in [-0.4, -0.2) is 20.7 Å². The van der Waals surface area contributed by atoms with Gasteiger partial charge in [0.2, 0.25) is 0 Å². The van der Waals surface area contributed by atoms with Crippen molar-refractivity contribution in [3.63, 3.8) is 0 Å². The first kappa shape index (κ1) is 20.6. The molecule has 0 atom stereocenters. The highest BCUT2D eigenvalue weighted by Gasteiger charge is 2.40. The van der Waals surface area contributed by atoms with E-state index in [1.165, 1.54) is 35.3 Å². The number of alkyl halides is 3. The van der Waals surface area contributed by atoms with Crippen molar-refractivity contribution in [2.75, 3.05) is 5.32 Å². The number of anilines is 1. The van der Waals surface area contributed by atoms with Gasteiger partial charge in [0.05, 0.1) is 17.5 Å². The number of hydrogen-bond acceptors (Lipinski definition) is 4. The fourth-order valence-electron chi connectivity index (χ4n) is 3.72. The van der Waals surface area contributed by atoms with Crippen molar-refractivity contribution < 1.29 is 18.0 Å². The van der Waals surface area contributed by atoms with Crippen LogP contribution in [0.3, 0.4) is 0 Å². The molecule has 0 saturated heterocycles. The Morgan fingerprint density at radius 1 is 1.20 bits per heavy atom. The summed E-state index contributed by atoms with van der Waals surface area (Å²) in [5.74, 6) is -0.874. The minimum absolute atomic E-state index is 0.248. The number of fused-ring (bicyclic) bond motifs is 1. The van der Waals surface area contributed by atoms with Crippen LogP contribution in [0.2, 0.25) is 0 Å². The Bertz CT molecular complexity index is 1080. The van der Waals surface area contributed by atoms with E-state index in [9.17, 15) is 18.0 Å². The molecule has 158 valence electrons. The maximum Gasteiger partial charge on any atom is 0.433 e. The molecule has 4 rings (SSSR count). The van der Waals surface area contributed by atoms with Gasteiger partial charge in [-0.25, -0.2) is 4.98 Å². The lowest BCUT2D eigenvalue weighted by molar-refractivity contribution is -0.145. The zero-order valence-electron chi connectivity index (χ0n) is 16.6. The number of aromatic nitrogens is 3. The highest BCUT2D eigenvalue weighted by atomic mass is 32.1. The Hall–Kier alpha value is -2.68. The number of carbonyl (C=O) groups excluding carboxylic acids is 1. The lowest BCUT2D eigenvalue weighted by Crippen LogP contribution is -2.22. The van der Waals surface area contributed by atoms with E-state index < -0.39 is 29.4 Å². The molecule has 5 nitrogen and oxygen atoms in total. The van der Waals surface area contributed by atoms with Gasteiger partial charge in [0.1, 0.15) is 0 Å². The van der Waals surface area contributed by atoms with Crippen molar-refractivity contribution in [3.05, 3.63) is 52.2 Å². The number of nitrogens with zero attached hydrogens (tertiary/aromatic N) is 3. The van der Waals surface area contributed by atoms with Gasteiger partial charge in [-0.2, -0.15) is 18.3 Å². The van der Waals surface area contributed by atoms with Crippen LogP contribution in [0.4, 0.5) is 18.3 Å². The van der Waals surface area contributed by atoms with Crippen molar-refractivity contribution in [2.45, 2.75) is 51.7 Å². The Morgan fingerprint density at radius 3 is 2.63 bits per heavy atom. The zero-order valence-corrected chi connectivity index (χ0v) is 17.4. The minimum atomic E-state index is -4.69. The molecule has 0 aliphatic heterocycles. The SMILES string of the molecule is CC(C)n1ncc(C(=O)Nc2nc(-c3ccc4c(c3)CCCC4)cs2)c1C(F)(F)F. The van der Waals surface area contributed by atoms with Crippen LogP contribution in [0.25, 0.3) is 11.3 Å². The third kappa shape index (κ3) is 3.98. The molecule has 1 aromatic carbocycles. The quantitative estimate of drug-likeness (QED) is 0.570. The maximum absolute atomic E-state index is 13.5. The first-order chi connectivity index (χ1) is 14.2. The molecule has 1 amide bonds. The summed E-state index contributed by atoms with van der Waals surface area (Å²) in [5.41, 5.74) is 2.74. The number of amides is 1. The molecule has 9 heteroatoms. The predicted octanol–water partition coefficient (Wildman–Crippen LogP) is 5.74. The number of thiazole rings is 1. The normalized spacial score (nSPS) is 14.1. The van der Waals surface area contributed by atoms with Crippen LogP contribution in [0, 0.1) is 0 Å². The van der Waals surface area contributed by atoms with Gasteiger partial charge in [-0.15, -0.1) is 11.3 Å². The van der Waals surface area contributed by atoms with Crippen molar-refractivity contribution in [3.8, 4) is 11.3 Å². The van der Waals surface area contributed by atoms with Crippen LogP contribution in [0.1, 0.15) is 59.9 Å². The van der Waals surface area contributed by atoms with E-state index in [0.717, 1.165) is 29.3 Å². The second-order valence-electron chi connectivity index (χ2n) is 7.63. The molecule has 2 heterocycles. The summed E-state index contributed by atoms with van der Waals surface area (Å²) < 4.78 is 41.3. The first-order valence-corrected chi connectivity index (χ1v) is 10.7. The van der Waals surface area contributed by atoms with Gasteiger partial charge < -0.3 is 0 Å². The number of halogens is 3. The lowest BCUT2D eigenvalue weighted by atomic mass is 9.90. The van der Waals surface area contributed by atoms with Gasteiger partial charge in [-0.05, 0) is 56.7 Å². The molecular formula is C21H21F3N4OS. The van der Waals surface area contributed by atoms with Gasteiger partial charge in [0, 0.05) is 17.0 Å². The van der Waals surface area contributed by atoms with Crippen LogP contribution in [0.15, 0.2) is 29.8 Å². The Kier molecular flexibility index (Phi) is 5.40. The fraction of sp³-hybridized carbons (Fsp3) is 0.381. The molecule has 0 fully saturated rings. The highest BCUT2D eigenvalue weighted by molar-refractivity contribution is 7.14. The van der Waals surface area contributed by atoms with Crippen molar-refractivity contribution in [2.24, 2.45) is 0 Å². The first-order valence-electron chi connectivity index (χ1n) is 9.78. The number of rotatable bonds is 4. The second-order valence-corrected chi connectivity index (χ2v) is 8.48. The molecule has 3 aromatic rings. The summed E-state index contributed by atoms with van der Waals surface area (Å²) in [7, 11) is 0. The molecule has 1 aliphatic rings. The Balaban J connectivity index is 1.57. The lowest BCUT2D eigenvalue weighted by Gasteiger charge is -2.16. The summed E-state index contributed by atoms with van der Waals surface area (Å²) in [6.07, 6.45) is 0.754. The molecule has 30 heavy (non-hydrogen) atoms. The molecule has 0 radical (unpaired) electrons. The molecule has 0 spiro atoms. The molecule has 1 N–H and O–H groups in total. The number of aryl methyl sites for hydroxylation is 2. The van der Waals surface area contributed by atoms with Crippen LogP contribution < -0.4 is 5.32 Å². The summed E-state index contributed by atoms with van der Waals surface area (Å²) in [5, 5.41) is 8.29. The standard InChI is InChI=1S/C21H21F3N4OS/c1-12(2)28-18(21(22,23)24)16(10-25-28)19(29)27-20-26-17(11-30-20)15-8-7-13-5-3-4-6-14(13)9-15/h7-12H,3-6H2,1-2H3,(H,26,27,29). The zero-order chi connectivity index (χ0) is 21.5. The average Bonchev–Trinajstić information content (AvgIpc) is 3.34. The molecule has 0 bridgehead atoms. The predicted molar refractivity (Wildman–Crippen MR) is 110 cm³/mol. The number of hydrogen-bond donors (Lipinski definition) is 1. The Labute approximate surface area is 175 Å². The van der Waals surface area contributed by atoms with Gasteiger partial charge in [0.15, 0.2) is 10.8 Å². The van der Waals surface area contributed by atoms with E-state index >= 15 is 0 Å². The van der Waals surface area contributed by atoms with Gasteiger partial charge in [-0.3, -0.25) is 14.8 Å². The van der Waals surface area contributed by atoms with Gasteiger partial charge in [0.25, 0.3) is 5.91 Å². The second kappa shape index (κ2) is 7.86. The van der Waals surface area contributed by atoms with E-state index in [1.54, 1.807) is 19.2 Å². The molecule has 0 saturated carbocycles. The molecule has 0 unspecified atom stereocenters. The molecular weight excluding hydrogens is 413 g/mol. The van der Waals surface area contributed by atoms with Crippen LogP contribution >= 0.6 is 11.3 Å². The van der Waals surface area contributed by atoms with Crippen molar-refractivity contribution >= 4 is 22.4 Å². The summed E-state index contributed by atoms with van der Waals surface area (Å²) in [6, 6.07) is 5.69. The van der Waals surface area contributed by atoms with Crippen LogP contribution in [-0.2, 0) is 19.0 Å². The van der Waals surface area contributed by atoms with Gasteiger partial charge in [-0.1, -0.05) is 12.1 Å². The fourth-order valence-corrected chi connectivity index (χ4v) is 4.44. The summed E-state index contributed by atoms with van der Waals surface area (Å²) in [4.78, 5) is 17.0. The largest absolute Gasteiger partial charge is 0.433 e. The van der Waals surface area contributed by atoms with Crippen molar-refractivity contribution in [1.82, 2.24) is 14.8 Å². The van der Waals surface area contributed by atoms with E-state index in [-0.39, 0.29) is 5.13 Å². The van der Waals surface area contributed by atoms with Crippen LogP contribution in [0.5, 0.6) is 0 Å². The smallest absolute Gasteiger partial charge is 0.298 e. The maximum atomic E-state index is 13.5. The van der Waals surface area contributed by atoms with E-state index in [1.807, 2.05) is 6.07 Å².